The Hall–Kier alpha value is -3.18. The molecule has 1 amide bonds. The maximum absolute atomic E-state index is 13.4. The molecule has 1 saturated heterocycles. The number of ether oxygens (including phenoxy) is 1. The second-order valence-electron chi connectivity index (χ2n) is 8.13. The van der Waals surface area contributed by atoms with Crippen LogP contribution < -0.4 is 10.1 Å². The van der Waals surface area contributed by atoms with Crippen molar-refractivity contribution in [3.63, 3.8) is 0 Å². The molecule has 2 N–H and O–H groups in total. The third-order valence-electron chi connectivity index (χ3n) is 6.19. The van der Waals surface area contributed by atoms with Crippen molar-refractivity contribution in [1.29, 1.82) is 5.26 Å². The van der Waals surface area contributed by atoms with Crippen molar-refractivity contribution in [2.24, 2.45) is 0 Å². The largest absolute Gasteiger partial charge is 0.472 e. The summed E-state index contributed by atoms with van der Waals surface area (Å²) in [5.74, 6) is 0.113. The number of benzene rings is 1. The van der Waals surface area contributed by atoms with E-state index in [0.29, 0.717) is 30.8 Å². The number of nitrogens with one attached hydrogen (secondary N) is 1. The number of nitrogens with zero attached hydrogens (tertiary/aromatic N) is 3. The van der Waals surface area contributed by atoms with E-state index >= 15 is 0 Å². The predicted molar refractivity (Wildman–Crippen MR) is 111 cm³/mol. The molecular formula is C23H25FN4O3. The molecule has 1 aromatic carbocycles. The van der Waals surface area contributed by atoms with Crippen LogP contribution in [0, 0.1) is 17.1 Å². The van der Waals surface area contributed by atoms with Crippen LogP contribution in [0.25, 0.3) is 0 Å². The van der Waals surface area contributed by atoms with Gasteiger partial charge in [0, 0.05) is 24.8 Å². The fourth-order valence-corrected chi connectivity index (χ4v) is 4.71. The number of piperidine rings is 1. The molecule has 3 unspecified atom stereocenters. The summed E-state index contributed by atoms with van der Waals surface area (Å²) < 4.78 is 19.6. The number of nitriles is 1. The van der Waals surface area contributed by atoms with Crippen molar-refractivity contribution < 1.29 is 19.0 Å². The fraction of sp³-hybridized carbons (Fsp3) is 0.435. The summed E-state index contributed by atoms with van der Waals surface area (Å²) in [7, 11) is 0. The second kappa shape index (κ2) is 9.31. The zero-order chi connectivity index (χ0) is 21.8. The maximum atomic E-state index is 13.4. The van der Waals surface area contributed by atoms with Gasteiger partial charge in [0.15, 0.2) is 0 Å². The molecular weight excluding hydrogens is 399 g/mol. The number of hydrogen-bond acceptors (Lipinski definition) is 5. The highest BCUT2D eigenvalue weighted by molar-refractivity contribution is 5.66. The van der Waals surface area contributed by atoms with Crippen LogP contribution >= 0.6 is 0 Å². The lowest BCUT2D eigenvalue weighted by atomic mass is 9.97. The van der Waals surface area contributed by atoms with Crippen LogP contribution in [0.4, 0.5) is 9.18 Å². The van der Waals surface area contributed by atoms with Gasteiger partial charge in [-0.25, -0.2) is 14.2 Å². The average molecular weight is 424 g/mol. The van der Waals surface area contributed by atoms with Crippen molar-refractivity contribution >= 4 is 6.09 Å². The Bertz CT molecular complexity index is 939. The minimum Gasteiger partial charge on any atom is -0.472 e. The van der Waals surface area contributed by atoms with Gasteiger partial charge < -0.3 is 15.2 Å². The molecule has 1 aromatic heterocycles. The molecule has 8 heteroatoms. The Kier molecular flexibility index (Phi) is 6.33. The molecule has 1 saturated carbocycles. The van der Waals surface area contributed by atoms with E-state index in [0.717, 1.165) is 24.9 Å². The average Bonchev–Trinajstić information content (AvgIpc) is 3.18. The van der Waals surface area contributed by atoms with Crippen molar-refractivity contribution in [2.45, 2.75) is 49.8 Å². The first-order valence-corrected chi connectivity index (χ1v) is 10.6. The van der Waals surface area contributed by atoms with Crippen LogP contribution in [0.5, 0.6) is 5.88 Å². The number of aromatic nitrogens is 1. The summed E-state index contributed by atoms with van der Waals surface area (Å²) in [6, 6.07) is 11.2. The van der Waals surface area contributed by atoms with Crippen molar-refractivity contribution in [2.75, 3.05) is 13.1 Å². The highest BCUT2D eigenvalue weighted by Crippen LogP contribution is 2.40. The monoisotopic (exact) mass is 424 g/mol. The molecule has 4 atom stereocenters. The summed E-state index contributed by atoms with van der Waals surface area (Å²) in [6.45, 7) is 1.51. The van der Waals surface area contributed by atoms with Gasteiger partial charge in [-0.1, -0.05) is 12.1 Å². The van der Waals surface area contributed by atoms with Gasteiger partial charge >= 0.3 is 6.09 Å². The molecule has 0 spiro atoms. The minimum atomic E-state index is -0.958. The standard InChI is InChI=1S/C23H25FN4O3/c24-18-6-4-16(5-7-18)17-10-20(28(23(29)30)19-2-1-9-26-14-19)21(11-17)31-22-8-3-15(12-25)13-27-22/h3-8,13,17,19-21,26H,1-2,9-11,14H2,(H,29,30)/t17?,19-,20?,21?/m1/s1. The van der Waals surface area contributed by atoms with Gasteiger partial charge in [0.1, 0.15) is 18.0 Å². The molecule has 2 heterocycles. The third kappa shape index (κ3) is 4.78. The van der Waals surface area contributed by atoms with E-state index in [1.807, 2.05) is 6.07 Å². The minimum absolute atomic E-state index is 0.0485. The Labute approximate surface area is 180 Å². The number of carboxylic acid groups (broad SMARTS) is 1. The zero-order valence-corrected chi connectivity index (χ0v) is 17.1. The smallest absolute Gasteiger partial charge is 0.407 e. The van der Waals surface area contributed by atoms with Crippen LogP contribution in [0.15, 0.2) is 42.6 Å². The topological polar surface area (TPSA) is 98.5 Å². The van der Waals surface area contributed by atoms with E-state index in [1.165, 1.54) is 18.3 Å². The van der Waals surface area contributed by atoms with Crippen LogP contribution in [0.1, 0.15) is 42.7 Å². The number of halogens is 1. The summed E-state index contributed by atoms with van der Waals surface area (Å²) in [6.07, 6.45) is 3.01. The molecule has 7 nitrogen and oxygen atoms in total. The van der Waals surface area contributed by atoms with Crippen molar-refractivity contribution in [1.82, 2.24) is 15.2 Å². The summed E-state index contributed by atoms with van der Waals surface area (Å²) in [5.41, 5.74) is 1.40. The maximum Gasteiger partial charge on any atom is 0.407 e. The molecule has 2 aliphatic rings. The quantitative estimate of drug-likeness (QED) is 0.762. The SMILES string of the molecule is N#Cc1ccc(OC2CC(c3ccc(F)cc3)CC2N(C(=O)O)[C@@H]2CCCNC2)nc1. The molecule has 0 bridgehead atoms. The lowest BCUT2D eigenvalue weighted by molar-refractivity contribution is 0.0453. The molecule has 2 fully saturated rings. The summed E-state index contributed by atoms with van der Waals surface area (Å²) in [5, 5.41) is 22.3. The van der Waals surface area contributed by atoms with Gasteiger partial charge in [0.05, 0.1) is 11.6 Å². The van der Waals surface area contributed by atoms with Gasteiger partial charge in [-0.05, 0) is 61.9 Å². The Morgan fingerprint density at radius 2 is 2.06 bits per heavy atom. The number of carbonyl (C=O) groups is 1. The van der Waals surface area contributed by atoms with E-state index in [9.17, 15) is 14.3 Å². The first-order chi connectivity index (χ1) is 15.0. The number of amides is 1. The molecule has 31 heavy (non-hydrogen) atoms. The molecule has 2 aromatic rings. The first-order valence-electron chi connectivity index (χ1n) is 10.6. The second-order valence-corrected chi connectivity index (χ2v) is 8.13. The van der Waals surface area contributed by atoms with E-state index in [1.54, 1.807) is 29.2 Å². The highest BCUT2D eigenvalue weighted by Gasteiger charge is 2.44. The lowest BCUT2D eigenvalue weighted by Gasteiger charge is -2.38. The van der Waals surface area contributed by atoms with E-state index in [2.05, 4.69) is 10.3 Å². The lowest BCUT2D eigenvalue weighted by Crippen LogP contribution is -2.55. The third-order valence-corrected chi connectivity index (χ3v) is 6.19. The molecule has 1 aliphatic carbocycles. The van der Waals surface area contributed by atoms with Gasteiger partial charge in [0.25, 0.3) is 0 Å². The van der Waals surface area contributed by atoms with Crippen LogP contribution in [0.3, 0.4) is 0 Å². The normalized spacial score (nSPS) is 25.5. The van der Waals surface area contributed by atoms with Gasteiger partial charge in [0.2, 0.25) is 5.88 Å². The highest BCUT2D eigenvalue weighted by atomic mass is 19.1. The molecule has 162 valence electrons. The van der Waals surface area contributed by atoms with Gasteiger partial charge in [-0.15, -0.1) is 0 Å². The number of pyridine rings is 1. The van der Waals surface area contributed by atoms with Crippen LogP contribution in [-0.4, -0.2) is 52.4 Å². The van der Waals surface area contributed by atoms with Crippen molar-refractivity contribution in [3.8, 4) is 11.9 Å². The fourth-order valence-electron chi connectivity index (χ4n) is 4.71. The molecule has 4 rings (SSSR count). The van der Waals surface area contributed by atoms with E-state index in [4.69, 9.17) is 10.00 Å². The first kappa shape index (κ1) is 21.1. The zero-order valence-electron chi connectivity index (χ0n) is 17.1. The Morgan fingerprint density at radius 1 is 1.26 bits per heavy atom. The Balaban J connectivity index is 1.61. The predicted octanol–water partition coefficient (Wildman–Crippen LogP) is 3.52. The molecule has 1 aliphatic heterocycles. The van der Waals surface area contributed by atoms with E-state index in [-0.39, 0.29) is 23.8 Å². The summed E-state index contributed by atoms with van der Waals surface area (Å²) >= 11 is 0. The number of rotatable bonds is 5. The summed E-state index contributed by atoms with van der Waals surface area (Å²) in [4.78, 5) is 18.0. The number of hydrogen-bond donors (Lipinski definition) is 2. The molecule has 0 radical (unpaired) electrons. The van der Waals surface area contributed by atoms with Crippen LogP contribution in [-0.2, 0) is 0 Å². The van der Waals surface area contributed by atoms with Crippen molar-refractivity contribution in [3.05, 3.63) is 59.5 Å². The van der Waals surface area contributed by atoms with E-state index < -0.39 is 12.2 Å². The van der Waals surface area contributed by atoms with Gasteiger partial charge in [-0.3, -0.25) is 4.90 Å². The Morgan fingerprint density at radius 3 is 2.68 bits per heavy atom. The van der Waals surface area contributed by atoms with Gasteiger partial charge in [-0.2, -0.15) is 5.26 Å². The van der Waals surface area contributed by atoms with Crippen LogP contribution in [0.2, 0.25) is 0 Å².